The van der Waals surface area contributed by atoms with E-state index in [0.717, 1.165) is 25.7 Å². The lowest BCUT2D eigenvalue weighted by Crippen LogP contribution is -2.45. The second-order valence-electron chi connectivity index (χ2n) is 7.08. The number of rotatable bonds is 5. The van der Waals surface area contributed by atoms with E-state index in [1.807, 2.05) is 19.9 Å². The lowest BCUT2D eigenvalue weighted by molar-refractivity contribution is -0.120. The molecule has 1 saturated carbocycles. The zero-order valence-electron chi connectivity index (χ0n) is 14.0. The number of anilines is 1. The zero-order chi connectivity index (χ0) is 16.9. The molecular formula is C18H27N3O2. The molecule has 0 atom stereocenters. The predicted molar refractivity (Wildman–Crippen MR) is 92.2 cm³/mol. The largest absolute Gasteiger partial charge is 0.350 e. The van der Waals surface area contributed by atoms with Crippen molar-refractivity contribution in [2.75, 3.05) is 11.9 Å². The zero-order valence-corrected chi connectivity index (χ0v) is 14.0. The number of hydrogen-bond donors (Lipinski definition) is 3. The number of hydrogen-bond acceptors (Lipinski definition) is 3. The number of carbonyl (C=O) groups is 2. The van der Waals surface area contributed by atoms with E-state index in [2.05, 4.69) is 10.6 Å². The molecule has 0 heterocycles. The van der Waals surface area contributed by atoms with E-state index in [4.69, 9.17) is 5.73 Å². The Bertz CT molecular complexity index is 558. The highest BCUT2D eigenvalue weighted by molar-refractivity contribution is 5.97. The molecule has 1 aliphatic carbocycles. The van der Waals surface area contributed by atoms with Crippen LogP contribution in [-0.4, -0.2) is 23.9 Å². The monoisotopic (exact) mass is 317 g/mol. The van der Waals surface area contributed by atoms with Crippen molar-refractivity contribution in [1.82, 2.24) is 5.32 Å². The Morgan fingerprint density at radius 2 is 1.91 bits per heavy atom. The fourth-order valence-corrected chi connectivity index (χ4v) is 2.76. The van der Waals surface area contributed by atoms with Gasteiger partial charge in [0, 0.05) is 29.3 Å². The molecule has 0 bridgehead atoms. The van der Waals surface area contributed by atoms with E-state index in [1.54, 1.807) is 18.2 Å². The maximum atomic E-state index is 12.3. The van der Waals surface area contributed by atoms with Gasteiger partial charge < -0.3 is 16.4 Å². The van der Waals surface area contributed by atoms with Crippen LogP contribution in [0.3, 0.4) is 0 Å². The molecule has 4 N–H and O–H groups in total. The van der Waals surface area contributed by atoms with E-state index < -0.39 is 5.54 Å². The van der Waals surface area contributed by atoms with Crippen LogP contribution in [0.2, 0.25) is 0 Å². The molecule has 1 aromatic carbocycles. The average Bonchev–Trinajstić information content (AvgIpc) is 2.53. The third kappa shape index (κ3) is 5.67. The van der Waals surface area contributed by atoms with Gasteiger partial charge in [-0.2, -0.15) is 0 Å². The normalized spacial score (nSPS) is 16.0. The molecule has 2 rings (SSSR count). The Kier molecular flexibility index (Phi) is 5.77. The SMILES string of the molecule is CC(C)(N)CNC(=O)c1cccc(NC(=O)C2CCCCC2)c1. The van der Waals surface area contributed by atoms with Crippen LogP contribution in [0.5, 0.6) is 0 Å². The second-order valence-corrected chi connectivity index (χ2v) is 7.08. The van der Waals surface area contributed by atoms with Gasteiger partial charge in [0.1, 0.15) is 0 Å². The van der Waals surface area contributed by atoms with Crippen LogP contribution >= 0.6 is 0 Å². The van der Waals surface area contributed by atoms with Crippen LogP contribution in [0.15, 0.2) is 24.3 Å². The molecule has 1 fully saturated rings. The van der Waals surface area contributed by atoms with E-state index in [0.29, 0.717) is 17.8 Å². The van der Waals surface area contributed by atoms with Gasteiger partial charge in [0.25, 0.3) is 5.91 Å². The van der Waals surface area contributed by atoms with Crippen molar-refractivity contribution in [2.45, 2.75) is 51.5 Å². The Morgan fingerprint density at radius 1 is 1.22 bits per heavy atom. The molecule has 0 saturated heterocycles. The highest BCUT2D eigenvalue weighted by atomic mass is 16.2. The van der Waals surface area contributed by atoms with Crippen LogP contribution < -0.4 is 16.4 Å². The number of nitrogens with one attached hydrogen (secondary N) is 2. The Morgan fingerprint density at radius 3 is 2.57 bits per heavy atom. The average molecular weight is 317 g/mol. The summed E-state index contributed by atoms with van der Waals surface area (Å²) >= 11 is 0. The summed E-state index contributed by atoms with van der Waals surface area (Å²) in [6.45, 7) is 4.10. The van der Waals surface area contributed by atoms with Crippen molar-refractivity contribution in [1.29, 1.82) is 0 Å². The van der Waals surface area contributed by atoms with Crippen molar-refractivity contribution >= 4 is 17.5 Å². The standard InChI is InChI=1S/C18H27N3O2/c1-18(2,19)12-20-16(22)14-9-6-10-15(11-14)21-17(23)13-7-4-3-5-8-13/h6,9-11,13H,3-5,7-8,12,19H2,1-2H3,(H,20,22)(H,21,23). The quantitative estimate of drug-likeness (QED) is 0.780. The molecule has 23 heavy (non-hydrogen) atoms. The highest BCUT2D eigenvalue weighted by Crippen LogP contribution is 2.25. The predicted octanol–water partition coefficient (Wildman–Crippen LogP) is 2.67. The van der Waals surface area contributed by atoms with Gasteiger partial charge in [-0.25, -0.2) is 0 Å². The van der Waals surface area contributed by atoms with Crippen molar-refractivity contribution < 1.29 is 9.59 Å². The Hall–Kier alpha value is -1.88. The molecule has 5 heteroatoms. The summed E-state index contributed by atoms with van der Waals surface area (Å²) in [7, 11) is 0. The van der Waals surface area contributed by atoms with Crippen LogP contribution in [0.1, 0.15) is 56.3 Å². The third-order valence-electron chi connectivity index (χ3n) is 4.07. The van der Waals surface area contributed by atoms with Gasteiger partial charge in [-0.3, -0.25) is 9.59 Å². The summed E-state index contributed by atoms with van der Waals surface area (Å²) in [5.41, 5.74) is 6.60. The van der Waals surface area contributed by atoms with E-state index >= 15 is 0 Å². The topological polar surface area (TPSA) is 84.2 Å². The summed E-state index contributed by atoms with van der Waals surface area (Å²) in [6, 6.07) is 7.03. The maximum Gasteiger partial charge on any atom is 0.251 e. The lowest BCUT2D eigenvalue weighted by atomic mass is 9.88. The molecule has 2 amide bonds. The minimum Gasteiger partial charge on any atom is -0.350 e. The molecule has 0 aromatic heterocycles. The molecule has 0 unspecified atom stereocenters. The van der Waals surface area contributed by atoms with E-state index in [9.17, 15) is 9.59 Å². The van der Waals surface area contributed by atoms with Crippen molar-refractivity contribution in [3.8, 4) is 0 Å². The van der Waals surface area contributed by atoms with E-state index in [1.165, 1.54) is 6.42 Å². The summed E-state index contributed by atoms with van der Waals surface area (Å²) in [4.78, 5) is 24.4. The van der Waals surface area contributed by atoms with Gasteiger partial charge >= 0.3 is 0 Å². The van der Waals surface area contributed by atoms with Crippen LogP contribution in [-0.2, 0) is 4.79 Å². The minimum absolute atomic E-state index is 0.0605. The summed E-state index contributed by atoms with van der Waals surface area (Å²) in [5.74, 6) is -0.0260. The van der Waals surface area contributed by atoms with Gasteiger partial charge in [0.2, 0.25) is 5.91 Å². The van der Waals surface area contributed by atoms with Crippen LogP contribution in [0.25, 0.3) is 0 Å². The van der Waals surface area contributed by atoms with Gasteiger partial charge in [-0.15, -0.1) is 0 Å². The molecular weight excluding hydrogens is 290 g/mol. The Balaban J connectivity index is 1.96. The smallest absolute Gasteiger partial charge is 0.251 e. The van der Waals surface area contributed by atoms with Crippen molar-refractivity contribution in [3.63, 3.8) is 0 Å². The molecule has 0 aliphatic heterocycles. The van der Waals surface area contributed by atoms with Crippen molar-refractivity contribution in [2.24, 2.45) is 11.7 Å². The molecule has 126 valence electrons. The number of benzene rings is 1. The fourth-order valence-electron chi connectivity index (χ4n) is 2.76. The first-order valence-corrected chi connectivity index (χ1v) is 8.33. The summed E-state index contributed by atoms with van der Waals surface area (Å²) in [6.07, 6.45) is 5.37. The van der Waals surface area contributed by atoms with Gasteiger partial charge in [-0.05, 0) is 44.9 Å². The van der Waals surface area contributed by atoms with E-state index in [-0.39, 0.29) is 17.7 Å². The molecule has 5 nitrogen and oxygen atoms in total. The first kappa shape index (κ1) is 17.5. The van der Waals surface area contributed by atoms with Gasteiger partial charge in [0.15, 0.2) is 0 Å². The van der Waals surface area contributed by atoms with Crippen LogP contribution in [0.4, 0.5) is 5.69 Å². The Labute approximate surface area is 138 Å². The van der Waals surface area contributed by atoms with Crippen molar-refractivity contribution in [3.05, 3.63) is 29.8 Å². The number of amides is 2. The minimum atomic E-state index is -0.456. The second kappa shape index (κ2) is 7.59. The van der Waals surface area contributed by atoms with Gasteiger partial charge in [-0.1, -0.05) is 25.3 Å². The first-order chi connectivity index (χ1) is 10.8. The molecule has 0 radical (unpaired) electrons. The number of carbonyl (C=O) groups excluding carboxylic acids is 2. The maximum absolute atomic E-state index is 12.3. The molecule has 0 spiro atoms. The third-order valence-corrected chi connectivity index (χ3v) is 4.07. The van der Waals surface area contributed by atoms with Gasteiger partial charge in [0.05, 0.1) is 0 Å². The van der Waals surface area contributed by atoms with Crippen LogP contribution in [0, 0.1) is 5.92 Å². The molecule has 1 aliphatic rings. The first-order valence-electron chi connectivity index (χ1n) is 8.33. The fraction of sp³-hybridized carbons (Fsp3) is 0.556. The highest BCUT2D eigenvalue weighted by Gasteiger charge is 2.21. The summed E-state index contributed by atoms with van der Waals surface area (Å²) in [5, 5.41) is 5.74. The summed E-state index contributed by atoms with van der Waals surface area (Å²) < 4.78 is 0. The number of nitrogens with two attached hydrogens (primary N) is 1. The lowest BCUT2D eigenvalue weighted by Gasteiger charge is -2.21. The molecule has 1 aromatic rings.